The predicted octanol–water partition coefficient (Wildman–Crippen LogP) is 3.54. The predicted molar refractivity (Wildman–Crippen MR) is 93.8 cm³/mol. The molecule has 2 rings (SSSR count). The molecule has 0 heterocycles. The van der Waals surface area contributed by atoms with Gasteiger partial charge in [0.05, 0.1) is 11.4 Å². The largest absolute Gasteiger partial charge is 0.444 e. The SMILES string of the molecule is CC(C)(C)OC(=O)NCc1cccc(-c2cccc(N)c2N)c1. The van der Waals surface area contributed by atoms with E-state index in [0.717, 1.165) is 16.7 Å². The number of para-hydroxylation sites is 1. The molecule has 2 aromatic rings. The van der Waals surface area contributed by atoms with Crippen molar-refractivity contribution in [2.45, 2.75) is 32.9 Å². The Bertz CT molecular complexity index is 706. The highest BCUT2D eigenvalue weighted by molar-refractivity contribution is 5.84. The van der Waals surface area contributed by atoms with Crippen LogP contribution in [0.2, 0.25) is 0 Å². The molecular weight excluding hydrogens is 290 g/mol. The van der Waals surface area contributed by atoms with E-state index in [9.17, 15) is 4.79 Å². The summed E-state index contributed by atoms with van der Waals surface area (Å²) in [7, 11) is 0. The zero-order valence-corrected chi connectivity index (χ0v) is 13.7. The zero-order valence-electron chi connectivity index (χ0n) is 13.7. The molecule has 5 nitrogen and oxygen atoms in total. The van der Waals surface area contributed by atoms with E-state index in [1.165, 1.54) is 0 Å². The van der Waals surface area contributed by atoms with Crippen molar-refractivity contribution >= 4 is 17.5 Å². The van der Waals surface area contributed by atoms with Crippen molar-refractivity contribution < 1.29 is 9.53 Å². The summed E-state index contributed by atoms with van der Waals surface area (Å²) in [5.41, 5.74) is 15.3. The number of rotatable bonds is 3. The minimum Gasteiger partial charge on any atom is -0.444 e. The van der Waals surface area contributed by atoms with E-state index in [2.05, 4.69) is 5.32 Å². The van der Waals surface area contributed by atoms with Gasteiger partial charge in [-0.2, -0.15) is 0 Å². The van der Waals surface area contributed by atoms with Gasteiger partial charge in [0, 0.05) is 12.1 Å². The molecule has 1 amide bonds. The second-order valence-electron chi connectivity index (χ2n) is 6.36. The average Bonchev–Trinajstić information content (AvgIpc) is 2.46. The van der Waals surface area contributed by atoms with Crippen LogP contribution in [0.1, 0.15) is 26.3 Å². The number of nitrogen functional groups attached to an aromatic ring is 2. The van der Waals surface area contributed by atoms with E-state index in [-0.39, 0.29) is 0 Å². The number of benzene rings is 2. The van der Waals surface area contributed by atoms with Crippen LogP contribution in [0.25, 0.3) is 11.1 Å². The van der Waals surface area contributed by atoms with Crippen LogP contribution in [0.5, 0.6) is 0 Å². The Kier molecular flexibility index (Phi) is 4.79. The highest BCUT2D eigenvalue weighted by Gasteiger charge is 2.15. The number of alkyl carbamates (subject to hydrolysis) is 1. The van der Waals surface area contributed by atoms with Crippen LogP contribution in [-0.2, 0) is 11.3 Å². The molecule has 5 N–H and O–H groups in total. The average molecular weight is 313 g/mol. The Morgan fingerprint density at radius 3 is 2.52 bits per heavy atom. The monoisotopic (exact) mass is 313 g/mol. The number of hydrogen-bond donors (Lipinski definition) is 3. The number of nitrogens with one attached hydrogen (secondary N) is 1. The van der Waals surface area contributed by atoms with Crippen molar-refractivity contribution in [1.29, 1.82) is 0 Å². The van der Waals surface area contributed by atoms with Crippen molar-refractivity contribution in [1.82, 2.24) is 5.32 Å². The lowest BCUT2D eigenvalue weighted by Gasteiger charge is -2.19. The van der Waals surface area contributed by atoms with Gasteiger partial charge in [0.1, 0.15) is 5.60 Å². The number of carbonyl (C=O) groups is 1. The van der Waals surface area contributed by atoms with Crippen molar-refractivity contribution in [2.75, 3.05) is 11.5 Å². The van der Waals surface area contributed by atoms with Crippen molar-refractivity contribution in [3.8, 4) is 11.1 Å². The standard InChI is InChI=1S/C18H23N3O2/c1-18(2,3)23-17(22)21-11-12-6-4-7-13(10-12)14-8-5-9-15(19)16(14)20/h4-10H,11,19-20H2,1-3H3,(H,21,22). The molecule has 23 heavy (non-hydrogen) atoms. The molecule has 0 saturated heterocycles. The van der Waals surface area contributed by atoms with Crippen molar-refractivity contribution in [3.05, 3.63) is 48.0 Å². The van der Waals surface area contributed by atoms with Gasteiger partial charge in [0.15, 0.2) is 0 Å². The Labute approximate surface area is 136 Å². The van der Waals surface area contributed by atoms with Crippen LogP contribution in [0, 0.1) is 0 Å². The minimum atomic E-state index is -0.512. The maximum Gasteiger partial charge on any atom is 0.407 e. The lowest BCUT2D eigenvalue weighted by atomic mass is 10.0. The van der Waals surface area contributed by atoms with Crippen LogP contribution < -0.4 is 16.8 Å². The second-order valence-corrected chi connectivity index (χ2v) is 6.36. The highest BCUT2D eigenvalue weighted by atomic mass is 16.6. The molecule has 0 saturated carbocycles. The number of ether oxygens (including phenoxy) is 1. The summed E-state index contributed by atoms with van der Waals surface area (Å²) < 4.78 is 5.22. The zero-order chi connectivity index (χ0) is 17.0. The van der Waals surface area contributed by atoms with Crippen molar-refractivity contribution in [2.24, 2.45) is 0 Å². The maximum absolute atomic E-state index is 11.7. The van der Waals surface area contributed by atoms with Crippen LogP contribution >= 0.6 is 0 Å². The van der Waals surface area contributed by atoms with Gasteiger partial charge in [0.25, 0.3) is 0 Å². The first-order valence-electron chi connectivity index (χ1n) is 7.46. The summed E-state index contributed by atoms with van der Waals surface area (Å²) in [5.74, 6) is 0. The molecule has 0 bridgehead atoms. The van der Waals surface area contributed by atoms with Gasteiger partial charge in [-0.05, 0) is 44.0 Å². The topological polar surface area (TPSA) is 90.4 Å². The van der Waals surface area contributed by atoms with E-state index >= 15 is 0 Å². The lowest BCUT2D eigenvalue weighted by Crippen LogP contribution is -2.32. The van der Waals surface area contributed by atoms with Crippen LogP contribution in [0.15, 0.2) is 42.5 Å². The number of carbonyl (C=O) groups excluding carboxylic acids is 1. The molecular formula is C18H23N3O2. The molecule has 0 spiro atoms. The van der Waals surface area contributed by atoms with Gasteiger partial charge < -0.3 is 21.5 Å². The molecule has 0 aliphatic rings. The summed E-state index contributed by atoms with van der Waals surface area (Å²) in [6.45, 7) is 5.87. The van der Waals surface area contributed by atoms with E-state index in [1.54, 1.807) is 6.07 Å². The molecule has 5 heteroatoms. The first kappa shape index (κ1) is 16.7. The normalized spacial score (nSPS) is 11.1. The highest BCUT2D eigenvalue weighted by Crippen LogP contribution is 2.30. The molecule has 0 aromatic heterocycles. The third-order valence-corrected chi connectivity index (χ3v) is 3.21. The second kappa shape index (κ2) is 6.60. The van der Waals surface area contributed by atoms with Crippen LogP contribution in [0.3, 0.4) is 0 Å². The molecule has 0 fully saturated rings. The number of amides is 1. The van der Waals surface area contributed by atoms with Gasteiger partial charge in [0.2, 0.25) is 0 Å². The molecule has 2 aromatic carbocycles. The Morgan fingerprint density at radius 1 is 1.13 bits per heavy atom. The quantitative estimate of drug-likeness (QED) is 0.756. The summed E-state index contributed by atoms with van der Waals surface area (Å²) in [6, 6.07) is 13.4. The Balaban J connectivity index is 2.12. The first-order valence-corrected chi connectivity index (χ1v) is 7.46. The van der Waals surface area contributed by atoms with E-state index in [1.807, 2.05) is 57.2 Å². The van der Waals surface area contributed by atoms with E-state index in [4.69, 9.17) is 16.2 Å². The van der Waals surface area contributed by atoms with Gasteiger partial charge in [-0.3, -0.25) is 0 Å². The van der Waals surface area contributed by atoms with Gasteiger partial charge in [-0.25, -0.2) is 4.79 Å². The molecule has 0 unspecified atom stereocenters. The molecule has 122 valence electrons. The Morgan fingerprint density at radius 2 is 1.83 bits per heavy atom. The third-order valence-electron chi connectivity index (χ3n) is 3.21. The first-order chi connectivity index (χ1) is 10.8. The summed E-state index contributed by atoms with van der Waals surface area (Å²) in [6.07, 6.45) is -0.439. The molecule has 0 aliphatic carbocycles. The fraction of sp³-hybridized carbons (Fsp3) is 0.278. The van der Waals surface area contributed by atoms with Crippen LogP contribution in [0.4, 0.5) is 16.2 Å². The molecule has 0 radical (unpaired) electrons. The fourth-order valence-electron chi connectivity index (χ4n) is 2.17. The number of hydrogen-bond acceptors (Lipinski definition) is 4. The van der Waals surface area contributed by atoms with Gasteiger partial charge in [-0.1, -0.05) is 30.3 Å². The molecule has 0 aliphatic heterocycles. The number of nitrogens with two attached hydrogens (primary N) is 2. The smallest absolute Gasteiger partial charge is 0.407 e. The summed E-state index contributed by atoms with van der Waals surface area (Å²) >= 11 is 0. The van der Waals surface area contributed by atoms with E-state index < -0.39 is 11.7 Å². The number of anilines is 2. The summed E-state index contributed by atoms with van der Waals surface area (Å²) in [5, 5.41) is 2.74. The van der Waals surface area contributed by atoms with Gasteiger partial charge >= 0.3 is 6.09 Å². The third kappa shape index (κ3) is 4.64. The Hall–Kier alpha value is -2.69. The maximum atomic E-state index is 11.7. The van der Waals surface area contributed by atoms with Gasteiger partial charge in [-0.15, -0.1) is 0 Å². The lowest BCUT2D eigenvalue weighted by molar-refractivity contribution is 0.0523. The van der Waals surface area contributed by atoms with Crippen molar-refractivity contribution in [3.63, 3.8) is 0 Å². The minimum absolute atomic E-state index is 0.380. The van der Waals surface area contributed by atoms with E-state index in [0.29, 0.717) is 17.9 Å². The summed E-state index contributed by atoms with van der Waals surface area (Å²) in [4.78, 5) is 11.7. The van der Waals surface area contributed by atoms with Crippen LogP contribution in [-0.4, -0.2) is 11.7 Å². The molecule has 0 atom stereocenters. The fourth-order valence-corrected chi connectivity index (χ4v) is 2.17.